The molecule has 0 heterocycles. The first-order valence-corrected chi connectivity index (χ1v) is 5.44. The second-order valence-corrected chi connectivity index (χ2v) is 3.57. The minimum atomic E-state index is -1.15. The molecule has 0 saturated carbocycles. The number of methoxy groups -OCH3 is 1. The molecule has 0 aromatic heterocycles. The Balaban J connectivity index is 2.80. The van der Waals surface area contributed by atoms with Crippen LogP contribution >= 0.6 is 0 Å². The molecule has 0 spiro atoms. The third kappa shape index (κ3) is 4.33. The van der Waals surface area contributed by atoms with Crippen molar-refractivity contribution in [2.75, 3.05) is 25.5 Å². The number of ether oxygens (including phenoxy) is 1. The van der Waals surface area contributed by atoms with Gasteiger partial charge in [0, 0.05) is 0 Å². The number of carbonyl (C=O) groups is 2. The second-order valence-electron chi connectivity index (χ2n) is 3.57. The number of amides is 1. The lowest BCUT2D eigenvalue weighted by molar-refractivity contribution is -0.115. The first-order valence-electron chi connectivity index (χ1n) is 5.44. The van der Waals surface area contributed by atoms with E-state index in [1.807, 2.05) is 0 Å². The summed E-state index contributed by atoms with van der Waals surface area (Å²) in [5.41, 5.74) is 0.172. The highest BCUT2D eigenvalue weighted by molar-refractivity contribution is 6.01. The Morgan fingerprint density at radius 3 is 2.79 bits per heavy atom. The van der Waals surface area contributed by atoms with Crippen molar-refractivity contribution in [3.05, 3.63) is 23.8 Å². The predicted molar refractivity (Wildman–Crippen MR) is 70.3 cm³/mol. The highest BCUT2D eigenvalue weighted by atomic mass is 16.5. The zero-order valence-electron chi connectivity index (χ0n) is 10.4. The second kappa shape index (κ2) is 7.03. The molecule has 0 atom stereocenters. The van der Waals surface area contributed by atoms with Crippen LogP contribution < -0.4 is 15.4 Å². The highest BCUT2D eigenvalue weighted by Crippen LogP contribution is 2.21. The lowest BCUT2D eigenvalue weighted by Crippen LogP contribution is -2.28. The first-order chi connectivity index (χ1) is 9.08. The molecule has 1 aromatic rings. The Labute approximate surface area is 110 Å². The number of hydrogen-bond donors (Lipinski definition) is 3. The van der Waals surface area contributed by atoms with Crippen LogP contribution in [0, 0.1) is 12.3 Å². The van der Waals surface area contributed by atoms with Crippen molar-refractivity contribution in [1.29, 1.82) is 0 Å². The van der Waals surface area contributed by atoms with Gasteiger partial charge >= 0.3 is 5.97 Å². The SMILES string of the molecule is C#CCNCC(=O)Nc1ccc(OC)cc1C(=O)O. The van der Waals surface area contributed by atoms with Gasteiger partial charge in [-0.1, -0.05) is 5.92 Å². The number of benzene rings is 1. The van der Waals surface area contributed by atoms with Crippen molar-refractivity contribution in [2.24, 2.45) is 0 Å². The van der Waals surface area contributed by atoms with Crippen LogP contribution in [0.25, 0.3) is 0 Å². The van der Waals surface area contributed by atoms with E-state index in [1.54, 1.807) is 6.07 Å². The van der Waals surface area contributed by atoms with E-state index in [1.165, 1.54) is 19.2 Å². The zero-order chi connectivity index (χ0) is 14.3. The van der Waals surface area contributed by atoms with Gasteiger partial charge in [-0.25, -0.2) is 4.79 Å². The summed E-state index contributed by atoms with van der Waals surface area (Å²) in [4.78, 5) is 22.6. The number of aromatic carboxylic acids is 1. The van der Waals surface area contributed by atoms with Crippen LogP contribution in [0.1, 0.15) is 10.4 Å². The van der Waals surface area contributed by atoms with Gasteiger partial charge < -0.3 is 15.2 Å². The van der Waals surface area contributed by atoms with Crippen LogP contribution in [0.4, 0.5) is 5.69 Å². The number of terminal acetylenes is 1. The minimum absolute atomic E-state index is 0.00921. The van der Waals surface area contributed by atoms with Crippen LogP contribution in [0.15, 0.2) is 18.2 Å². The summed E-state index contributed by atoms with van der Waals surface area (Å²) in [6.45, 7) is 0.275. The Kier molecular flexibility index (Phi) is 5.38. The predicted octanol–water partition coefficient (Wildman–Crippen LogP) is 0.555. The maximum Gasteiger partial charge on any atom is 0.337 e. The van der Waals surface area contributed by atoms with E-state index in [-0.39, 0.29) is 30.2 Å². The molecule has 0 aliphatic carbocycles. The van der Waals surface area contributed by atoms with Gasteiger partial charge in [-0.3, -0.25) is 10.1 Å². The topological polar surface area (TPSA) is 87.7 Å². The van der Waals surface area contributed by atoms with Gasteiger partial charge in [-0.05, 0) is 18.2 Å². The van der Waals surface area contributed by atoms with Gasteiger partial charge in [0.05, 0.1) is 31.5 Å². The molecule has 3 N–H and O–H groups in total. The third-order valence-electron chi connectivity index (χ3n) is 2.24. The monoisotopic (exact) mass is 262 g/mol. The van der Waals surface area contributed by atoms with Gasteiger partial charge in [-0.2, -0.15) is 0 Å². The van der Waals surface area contributed by atoms with Gasteiger partial charge in [0.15, 0.2) is 0 Å². The highest BCUT2D eigenvalue weighted by Gasteiger charge is 2.13. The Morgan fingerprint density at radius 1 is 1.47 bits per heavy atom. The Morgan fingerprint density at radius 2 is 2.21 bits per heavy atom. The number of nitrogens with one attached hydrogen (secondary N) is 2. The molecule has 100 valence electrons. The van der Waals surface area contributed by atoms with Crippen LogP contribution in [0.3, 0.4) is 0 Å². The van der Waals surface area contributed by atoms with E-state index in [0.717, 1.165) is 0 Å². The van der Waals surface area contributed by atoms with E-state index in [0.29, 0.717) is 5.75 Å². The maximum atomic E-state index is 11.6. The Hall–Kier alpha value is -2.52. The standard InChI is InChI=1S/C13H14N2O4/c1-3-6-14-8-12(16)15-11-5-4-9(19-2)7-10(11)13(17)18/h1,4-5,7,14H,6,8H2,2H3,(H,15,16)(H,17,18). The molecule has 0 radical (unpaired) electrons. The summed E-state index contributed by atoms with van der Waals surface area (Å²) >= 11 is 0. The number of carboxylic acids is 1. The van der Waals surface area contributed by atoms with Gasteiger partial charge in [0.1, 0.15) is 5.75 Å². The number of anilines is 1. The number of hydrogen-bond acceptors (Lipinski definition) is 4. The van der Waals surface area contributed by atoms with Crippen molar-refractivity contribution in [2.45, 2.75) is 0 Å². The molecule has 1 rings (SSSR count). The van der Waals surface area contributed by atoms with Gasteiger partial charge in [0.25, 0.3) is 0 Å². The Bertz CT molecular complexity index is 520. The fraction of sp³-hybridized carbons (Fsp3) is 0.231. The molecular weight excluding hydrogens is 248 g/mol. The van der Waals surface area contributed by atoms with Crippen molar-refractivity contribution in [1.82, 2.24) is 5.32 Å². The maximum absolute atomic E-state index is 11.6. The van der Waals surface area contributed by atoms with Crippen molar-refractivity contribution in [3.63, 3.8) is 0 Å². The summed E-state index contributed by atoms with van der Waals surface area (Å²) in [6, 6.07) is 4.38. The van der Waals surface area contributed by atoms with Gasteiger partial charge in [-0.15, -0.1) is 6.42 Å². The molecule has 1 aromatic carbocycles. The molecule has 0 unspecified atom stereocenters. The fourth-order valence-electron chi connectivity index (χ4n) is 1.38. The molecule has 0 saturated heterocycles. The molecule has 0 bridgehead atoms. The molecule has 19 heavy (non-hydrogen) atoms. The quantitative estimate of drug-likeness (QED) is 0.515. The zero-order valence-corrected chi connectivity index (χ0v) is 10.4. The first kappa shape index (κ1) is 14.5. The summed E-state index contributed by atoms with van der Waals surface area (Å²) in [5.74, 6) is 1.21. The summed E-state index contributed by atoms with van der Waals surface area (Å²) in [6.07, 6.45) is 5.03. The van der Waals surface area contributed by atoms with Crippen LogP contribution in [-0.2, 0) is 4.79 Å². The van der Waals surface area contributed by atoms with Crippen molar-refractivity contribution in [3.8, 4) is 18.1 Å². The van der Waals surface area contributed by atoms with Crippen LogP contribution in [0.2, 0.25) is 0 Å². The molecule has 6 heteroatoms. The van der Waals surface area contributed by atoms with Gasteiger partial charge in [0.2, 0.25) is 5.91 Å². The lowest BCUT2D eigenvalue weighted by Gasteiger charge is -2.10. The third-order valence-corrected chi connectivity index (χ3v) is 2.24. The smallest absolute Gasteiger partial charge is 0.337 e. The van der Waals surface area contributed by atoms with E-state index in [4.69, 9.17) is 16.3 Å². The molecule has 0 aliphatic rings. The largest absolute Gasteiger partial charge is 0.497 e. The molecule has 0 aliphatic heterocycles. The van der Waals surface area contributed by atoms with Crippen molar-refractivity contribution >= 4 is 17.6 Å². The minimum Gasteiger partial charge on any atom is -0.497 e. The van der Waals surface area contributed by atoms with E-state index in [2.05, 4.69) is 16.6 Å². The molecule has 0 fully saturated rings. The normalized spacial score (nSPS) is 9.47. The molecular formula is C13H14N2O4. The summed E-state index contributed by atoms with van der Waals surface area (Å²) in [5, 5.41) is 14.3. The molecule has 1 amide bonds. The average molecular weight is 262 g/mol. The van der Waals surface area contributed by atoms with Crippen LogP contribution in [-0.4, -0.2) is 37.2 Å². The van der Waals surface area contributed by atoms with E-state index in [9.17, 15) is 9.59 Å². The average Bonchev–Trinajstić information content (AvgIpc) is 2.39. The van der Waals surface area contributed by atoms with Crippen LogP contribution in [0.5, 0.6) is 5.75 Å². The number of rotatable bonds is 6. The van der Waals surface area contributed by atoms with E-state index < -0.39 is 5.97 Å². The molecule has 6 nitrogen and oxygen atoms in total. The summed E-state index contributed by atoms with van der Waals surface area (Å²) in [7, 11) is 1.43. The van der Waals surface area contributed by atoms with E-state index >= 15 is 0 Å². The fourth-order valence-corrected chi connectivity index (χ4v) is 1.38. The summed E-state index contributed by atoms with van der Waals surface area (Å²) < 4.78 is 4.93. The lowest BCUT2D eigenvalue weighted by atomic mass is 10.1. The number of carbonyl (C=O) groups excluding carboxylic acids is 1. The number of carboxylic acid groups (broad SMARTS) is 1. The van der Waals surface area contributed by atoms with Crippen molar-refractivity contribution < 1.29 is 19.4 Å².